The highest BCUT2D eigenvalue weighted by Crippen LogP contribution is 2.29. The van der Waals surface area contributed by atoms with Gasteiger partial charge in [0, 0.05) is 17.4 Å². The fourth-order valence-electron chi connectivity index (χ4n) is 3.21. The molecule has 0 spiro atoms. The number of aromatic nitrogens is 1. The lowest BCUT2D eigenvalue weighted by atomic mass is 9.99. The number of halogens is 1. The number of amides is 1. The van der Waals surface area contributed by atoms with Gasteiger partial charge in [0.2, 0.25) is 5.91 Å². The van der Waals surface area contributed by atoms with Crippen molar-refractivity contribution in [3.8, 4) is 0 Å². The number of pyridine rings is 1. The van der Waals surface area contributed by atoms with Gasteiger partial charge in [-0.3, -0.25) is 14.7 Å². The summed E-state index contributed by atoms with van der Waals surface area (Å²) in [6, 6.07) is 10.8. The zero-order chi connectivity index (χ0) is 16.9. The van der Waals surface area contributed by atoms with Crippen molar-refractivity contribution in [1.82, 2.24) is 9.88 Å². The Bertz CT molecular complexity index is 705. The van der Waals surface area contributed by atoms with Crippen LogP contribution in [0.3, 0.4) is 0 Å². The first-order valence-corrected chi connectivity index (χ1v) is 8.35. The van der Waals surface area contributed by atoms with E-state index in [-0.39, 0.29) is 24.3 Å². The van der Waals surface area contributed by atoms with Crippen molar-refractivity contribution in [2.75, 3.05) is 18.4 Å². The van der Waals surface area contributed by atoms with Crippen LogP contribution in [0.5, 0.6) is 0 Å². The molecule has 126 valence electrons. The SMILES string of the molecule is Cc1c(F)cccc1NC(=O)CN1CCCC[C@@H]1c1ccccn1. The Kier molecular flexibility index (Phi) is 5.20. The number of carbonyl (C=O) groups excluding carboxylic acids is 1. The van der Waals surface area contributed by atoms with Gasteiger partial charge < -0.3 is 5.32 Å². The number of rotatable bonds is 4. The van der Waals surface area contributed by atoms with Gasteiger partial charge in [-0.15, -0.1) is 0 Å². The van der Waals surface area contributed by atoms with Gasteiger partial charge in [0.25, 0.3) is 0 Å². The Morgan fingerprint density at radius 1 is 1.29 bits per heavy atom. The zero-order valence-electron chi connectivity index (χ0n) is 13.8. The van der Waals surface area contributed by atoms with Crippen LogP contribution in [-0.2, 0) is 4.79 Å². The van der Waals surface area contributed by atoms with E-state index in [4.69, 9.17) is 0 Å². The second kappa shape index (κ2) is 7.53. The Morgan fingerprint density at radius 2 is 2.17 bits per heavy atom. The summed E-state index contributed by atoms with van der Waals surface area (Å²) in [6.07, 6.45) is 5.01. The highest BCUT2D eigenvalue weighted by molar-refractivity contribution is 5.93. The second-order valence-corrected chi connectivity index (χ2v) is 6.20. The van der Waals surface area contributed by atoms with E-state index in [1.807, 2.05) is 18.2 Å². The molecule has 1 aromatic carbocycles. The van der Waals surface area contributed by atoms with Crippen molar-refractivity contribution >= 4 is 11.6 Å². The highest BCUT2D eigenvalue weighted by atomic mass is 19.1. The van der Waals surface area contributed by atoms with Gasteiger partial charge in [0.05, 0.1) is 18.3 Å². The molecule has 1 N–H and O–H groups in total. The third-order valence-corrected chi connectivity index (χ3v) is 4.53. The average molecular weight is 327 g/mol. The van der Waals surface area contributed by atoms with Gasteiger partial charge in [-0.1, -0.05) is 18.6 Å². The molecule has 4 nitrogen and oxygen atoms in total. The van der Waals surface area contributed by atoms with Crippen LogP contribution in [-0.4, -0.2) is 28.9 Å². The second-order valence-electron chi connectivity index (χ2n) is 6.20. The van der Waals surface area contributed by atoms with E-state index >= 15 is 0 Å². The fraction of sp³-hybridized carbons (Fsp3) is 0.368. The molecule has 1 saturated heterocycles. The molecule has 1 atom stereocenters. The first-order valence-electron chi connectivity index (χ1n) is 8.35. The molecule has 1 aliphatic heterocycles. The minimum absolute atomic E-state index is 0.119. The Balaban J connectivity index is 1.69. The minimum atomic E-state index is -0.308. The number of piperidine rings is 1. The predicted octanol–water partition coefficient (Wildman–Crippen LogP) is 3.69. The number of likely N-dealkylation sites (tertiary alicyclic amines) is 1. The topological polar surface area (TPSA) is 45.2 Å². The van der Waals surface area contributed by atoms with E-state index in [9.17, 15) is 9.18 Å². The zero-order valence-corrected chi connectivity index (χ0v) is 13.8. The number of hydrogen-bond donors (Lipinski definition) is 1. The fourth-order valence-corrected chi connectivity index (χ4v) is 3.21. The quantitative estimate of drug-likeness (QED) is 0.931. The van der Waals surface area contributed by atoms with Crippen molar-refractivity contribution in [3.63, 3.8) is 0 Å². The van der Waals surface area contributed by atoms with E-state index in [1.54, 1.807) is 25.3 Å². The van der Waals surface area contributed by atoms with Crippen LogP contribution in [0.4, 0.5) is 10.1 Å². The summed E-state index contributed by atoms with van der Waals surface area (Å²) in [7, 11) is 0. The summed E-state index contributed by atoms with van der Waals surface area (Å²) in [5.74, 6) is -0.427. The number of nitrogens with one attached hydrogen (secondary N) is 1. The maximum absolute atomic E-state index is 13.6. The Morgan fingerprint density at radius 3 is 2.96 bits per heavy atom. The molecule has 0 bridgehead atoms. The maximum Gasteiger partial charge on any atom is 0.238 e. The first kappa shape index (κ1) is 16.6. The lowest BCUT2D eigenvalue weighted by Gasteiger charge is -2.34. The monoisotopic (exact) mass is 327 g/mol. The summed E-state index contributed by atoms with van der Waals surface area (Å²) in [5.41, 5.74) is 2.00. The average Bonchev–Trinajstić information content (AvgIpc) is 2.60. The van der Waals surface area contributed by atoms with E-state index in [1.165, 1.54) is 6.07 Å². The van der Waals surface area contributed by atoms with Gasteiger partial charge in [-0.2, -0.15) is 0 Å². The normalized spacial score (nSPS) is 18.3. The number of hydrogen-bond acceptors (Lipinski definition) is 3. The molecule has 0 radical (unpaired) electrons. The summed E-state index contributed by atoms with van der Waals surface area (Å²) in [5, 5.41) is 2.83. The smallest absolute Gasteiger partial charge is 0.238 e. The van der Waals surface area contributed by atoms with Crippen LogP contribution in [0.1, 0.15) is 36.6 Å². The molecule has 0 saturated carbocycles. The molecule has 2 heterocycles. The molecular weight excluding hydrogens is 305 g/mol. The van der Waals surface area contributed by atoms with Gasteiger partial charge in [-0.25, -0.2) is 4.39 Å². The molecule has 2 aromatic rings. The molecule has 1 aromatic heterocycles. The van der Waals surface area contributed by atoms with E-state index in [0.29, 0.717) is 11.3 Å². The van der Waals surface area contributed by atoms with Crippen LogP contribution >= 0.6 is 0 Å². The van der Waals surface area contributed by atoms with Gasteiger partial charge in [0.1, 0.15) is 5.82 Å². The van der Waals surface area contributed by atoms with E-state index in [0.717, 1.165) is 31.5 Å². The molecule has 1 amide bonds. The first-order chi connectivity index (χ1) is 11.6. The molecule has 5 heteroatoms. The van der Waals surface area contributed by atoms with Gasteiger partial charge >= 0.3 is 0 Å². The summed E-state index contributed by atoms with van der Waals surface area (Å²) < 4.78 is 13.6. The van der Waals surface area contributed by atoms with E-state index < -0.39 is 0 Å². The summed E-state index contributed by atoms with van der Waals surface area (Å²) in [4.78, 5) is 19.0. The number of anilines is 1. The van der Waals surface area contributed by atoms with E-state index in [2.05, 4.69) is 15.2 Å². The Labute approximate surface area is 141 Å². The van der Waals surface area contributed by atoms with Crippen molar-refractivity contribution in [1.29, 1.82) is 0 Å². The molecule has 0 aliphatic carbocycles. The third-order valence-electron chi connectivity index (χ3n) is 4.53. The van der Waals surface area contributed by atoms with Crippen LogP contribution in [0.15, 0.2) is 42.6 Å². The number of carbonyl (C=O) groups is 1. The third kappa shape index (κ3) is 3.79. The van der Waals surface area contributed by atoms with Crippen LogP contribution < -0.4 is 5.32 Å². The maximum atomic E-state index is 13.6. The predicted molar refractivity (Wildman–Crippen MR) is 92.2 cm³/mol. The number of nitrogens with zero attached hydrogens (tertiary/aromatic N) is 2. The number of benzene rings is 1. The summed E-state index contributed by atoms with van der Waals surface area (Å²) in [6.45, 7) is 2.83. The van der Waals surface area contributed by atoms with Crippen LogP contribution in [0, 0.1) is 12.7 Å². The van der Waals surface area contributed by atoms with Gasteiger partial charge in [-0.05, 0) is 50.6 Å². The van der Waals surface area contributed by atoms with Gasteiger partial charge in [0.15, 0.2) is 0 Å². The molecule has 3 rings (SSSR count). The lowest BCUT2D eigenvalue weighted by molar-refractivity contribution is -0.118. The Hall–Kier alpha value is -2.27. The highest BCUT2D eigenvalue weighted by Gasteiger charge is 2.26. The summed E-state index contributed by atoms with van der Waals surface area (Å²) >= 11 is 0. The lowest BCUT2D eigenvalue weighted by Crippen LogP contribution is -2.39. The standard InChI is InChI=1S/C19H22FN3O/c1-14-15(20)7-6-9-16(14)22-19(24)13-23-12-5-3-10-18(23)17-8-2-4-11-21-17/h2,4,6-9,11,18H,3,5,10,12-13H2,1H3,(H,22,24)/t18-/m1/s1. The van der Waals surface area contributed by atoms with Crippen molar-refractivity contribution in [2.24, 2.45) is 0 Å². The molecule has 24 heavy (non-hydrogen) atoms. The minimum Gasteiger partial charge on any atom is -0.325 e. The van der Waals surface area contributed by atoms with Crippen LogP contribution in [0.2, 0.25) is 0 Å². The van der Waals surface area contributed by atoms with Crippen LogP contribution in [0.25, 0.3) is 0 Å². The molecule has 1 aliphatic rings. The largest absolute Gasteiger partial charge is 0.325 e. The molecule has 0 unspecified atom stereocenters. The molecule has 1 fully saturated rings. The van der Waals surface area contributed by atoms with Crippen molar-refractivity contribution < 1.29 is 9.18 Å². The molecular formula is C19H22FN3O. The van der Waals surface area contributed by atoms with Crippen molar-refractivity contribution in [2.45, 2.75) is 32.2 Å². The van der Waals surface area contributed by atoms with Crippen molar-refractivity contribution in [3.05, 3.63) is 59.7 Å².